The van der Waals surface area contributed by atoms with Crippen LogP contribution in [-0.2, 0) is 11.3 Å². The summed E-state index contributed by atoms with van der Waals surface area (Å²) in [4.78, 5) is 25.0. The lowest BCUT2D eigenvalue weighted by molar-refractivity contribution is 0.0470. The Labute approximate surface area is 134 Å². The zero-order valence-corrected chi connectivity index (χ0v) is 13.2. The van der Waals surface area contributed by atoms with Crippen LogP contribution in [0.25, 0.3) is 10.6 Å². The highest BCUT2D eigenvalue weighted by Crippen LogP contribution is 2.25. The number of thiophene rings is 2. The number of carbonyl (C=O) groups excluding carboxylic acids is 2. The number of ether oxygens (including phenoxy) is 1. The molecule has 7 heteroatoms. The first-order chi connectivity index (χ1) is 10.6. The van der Waals surface area contributed by atoms with Gasteiger partial charge in [-0.05, 0) is 30.5 Å². The van der Waals surface area contributed by atoms with E-state index in [1.165, 1.54) is 6.92 Å². The number of aromatic nitrogens is 1. The van der Waals surface area contributed by atoms with Crippen molar-refractivity contribution >= 4 is 34.4 Å². The van der Waals surface area contributed by atoms with Gasteiger partial charge in [-0.15, -0.1) is 22.7 Å². The topological polar surface area (TPSA) is 69.4 Å². The van der Waals surface area contributed by atoms with E-state index < -0.39 is 5.97 Å². The van der Waals surface area contributed by atoms with Gasteiger partial charge in [0.2, 0.25) is 0 Å². The largest absolute Gasteiger partial charge is 0.455 e. The molecule has 0 aliphatic heterocycles. The van der Waals surface area contributed by atoms with E-state index in [9.17, 15) is 9.59 Å². The molecule has 3 aromatic heterocycles. The Hall–Kier alpha value is -2.25. The number of hydrogen-bond acceptors (Lipinski definition) is 7. The van der Waals surface area contributed by atoms with Gasteiger partial charge in [0, 0.05) is 6.07 Å². The van der Waals surface area contributed by atoms with Gasteiger partial charge in [-0.3, -0.25) is 4.79 Å². The fraction of sp³-hybridized carbons (Fsp3) is 0.133. The normalized spacial score (nSPS) is 10.6. The zero-order valence-electron chi connectivity index (χ0n) is 11.6. The van der Waals surface area contributed by atoms with E-state index in [1.807, 2.05) is 17.5 Å². The Morgan fingerprint density at radius 2 is 2.09 bits per heavy atom. The van der Waals surface area contributed by atoms with Gasteiger partial charge in [0.1, 0.15) is 17.2 Å². The lowest BCUT2D eigenvalue weighted by Crippen LogP contribution is -2.03. The number of esters is 1. The van der Waals surface area contributed by atoms with Gasteiger partial charge in [0.05, 0.1) is 9.75 Å². The Morgan fingerprint density at radius 1 is 1.27 bits per heavy atom. The van der Waals surface area contributed by atoms with E-state index in [1.54, 1.807) is 29.5 Å². The van der Waals surface area contributed by atoms with Crippen LogP contribution in [0.2, 0.25) is 0 Å². The Balaban J connectivity index is 1.62. The van der Waals surface area contributed by atoms with Gasteiger partial charge in [-0.25, -0.2) is 4.79 Å². The van der Waals surface area contributed by atoms with E-state index >= 15 is 0 Å². The highest BCUT2D eigenvalue weighted by molar-refractivity contribution is 7.15. The van der Waals surface area contributed by atoms with Crippen molar-refractivity contribution in [3.63, 3.8) is 0 Å². The van der Waals surface area contributed by atoms with Gasteiger partial charge < -0.3 is 9.26 Å². The lowest BCUT2D eigenvalue weighted by atomic mass is 10.3. The second-order valence-corrected chi connectivity index (χ2v) is 6.49. The van der Waals surface area contributed by atoms with Crippen molar-refractivity contribution in [2.75, 3.05) is 0 Å². The first kappa shape index (κ1) is 14.7. The number of ketones is 1. The molecule has 0 N–H and O–H groups in total. The summed E-state index contributed by atoms with van der Waals surface area (Å²) in [7, 11) is 0. The number of nitrogens with zero attached hydrogens (tertiary/aromatic N) is 1. The SMILES string of the molecule is CC(=O)c1ccc(C(=O)OCc2cc(-c3cccs3)on2)s1. The average molecular weight is 333 g/mol. The Bertz CT molecular complexity index is 801. The van der Waals surface area contributed by atoms with Crippen molar-refractivity contribution in [2.45, 2.75) is 13.5 Å². The molecule has 0 aliphatic rings. The number of hydrogen-bond donors (Lipinski definition) is 0. The second-order valence-electron chi connectivity index (χ2n) is 4.46. The lowest BCUT2D eigenvalue weighted by Gasteiger charge is -1.99. The van der Waals surface area contributed by atoms with E-state index in [2.05, 4.69) is 5.16 Å². The van der Waals surface area contributed by atoms with Crippen LogP contribution in [0.5, 0.6) is 0 Å². The van der Waals surface area contributed by atoms with Gasteiger partial charge in [0.15, 0.2) is 11.5 Å². The second kappa shape index (κ2) is 6.25. The smallest absolute Gasteiger partial charge is 0.348 e. The van der Waals surface area contributed by atoms with E-state index in [-0.39, 0.29) is 12.4 Å². The molecular weight excluding hydrogens is 322 g/mol. The Kier molecular flexibility index (Phi) is 4.17. The van der Waals surface area contributed by atoms with Gasteiger partial charge in [0.25, 0.3) is 0 Å². The number of rotatable bonds is 5. The Morgan fingerprint density at radius 3 is 2.77 bits per heavy atom. The molecule has 0 spiro atoms. The molecule has 3 aromatic rings. The van der Waals surface area contributed by atoms with Crippen molar-refractivity contribution in [2.24, 2.45) is 0 Å². The van der Waals surface area contributed by atoms with Crippen molar-refractivity contribution in [1.29, 1.82) is 0 Å². The summed E-state index contributed by atoms with van der Waals surface area (Å²) >= 11 is 2.67. The standard InChI is InChI=1S/C15H11NO4S2/c1-9(17)12-4-5-14(22-12)15(18)19-8-10-7-11(20-16-10)13-3-2-6-21-13/h2-7H,8H2,1H3. The maximum Gasteiger partial charge on any atom is 0.348 e. The third-order valence-electron chi connectivity index (χ3n) is 2.83. The summed E-state index contributed by atoms with van der Waals surface area (Å²) in [5.41, 5.74) is 0.542. The van der Waals surface area contributed by atoms with Crippen LogP contribution < -0.4 is 0 Å². The highest BCUT2D eigenvalue weighted by Gasteiger charge is 2.14. The van der Waals surface area contributed by atoms with Crippen molar-refractivity contribution in [3.05, 3.63) is 51.2 Å². The number of carbonyl (C=O) groups is 2. The van der Waals surface area contributed by atoms with Gasteiger partial charge in [-0.1, -0.05) is 11.2 Å². The first-order valence-electron chi connectivity index (χ1n) is 6.41. The molecule has 3 heterocycles. The van der Waals surface area contributed by atoms with Crippen LogP contribution in [0.1, 0.15) is 32.0 Å². The quantitative estimate of drug-likeness (QED) is 0.521. The molecule has 0 saturated carbocycles. The van der Waals surface area contributed by atoms with Crippen LogP contribution in [0.4, 0.5) is 0 Å². The average Bonchev–Trinajstić information content (AvgIpc) is 3.23. The van der Waals surface area contributed by atoms with Gasteiger partial charge in [-0.2, -0.15) is 0 Å². The van der Waals surface area contributed by atoms with Crippen LogP contribution in [0.15, 0.2) is 40.2 Å². The zero-order chi connectivity index (χ0) is 15.5. The summed E-state index contributed by atoms with van der Waals surface area (Å²) in [5, 5.41) is 5.82. The van der Waals surface area contributed by atoms with Crippen molar-refractivity contribution < 1.29 is 18.8 Å². The summed E-state index contributed by atoms with van der Waals surface area (Å²) in [6.45, 7) is 1.49. The first-order valence-corrected chi connectivity index (χ1v) is 8.10. The minimum absolute atomic E-state index is 0.0288. The third-order valence-corrected chi connectivity index (χ3v) is 4.88. The molecule has 0 bridgehead atoms. The fourth-order valence-electron chi connectivity index (χ4n) is 1.76. The molecule has 0 fully saturated rings. The molecule has 0 aromatic carbocycles. The molecule has 5 nitrogen and oxygen atoms in total. The van der Waals surface area contributed by atoms with E-state index in [0.29, 0.717) is 21.2 Å². The summed E-state index contributed by atoms with van der Waals surface area (Å²) < 4.78 is 10.4. The summed E-state index contributed by atoms with van der Waals surface area (Å²) in [6, 6.07) is 8.80. The maximum atomic E-state index is 11.9. The molecule has 112 valence electrons. The van der Waals surface area contributed by atoms with Crippen LogP contribution in [-0.4, -0.2) is 16.9 Å². The minimum Gasteiger partial charge on any atom is -0.455 e. The molecular formula is C15H11NO4S2. The maximum absolute atomic E-state index is 11.9. The predicted molar refractivity (Wildman–Crippen MR) is 83.3 cm³/mol. The molecule has 0 atom stereocenters. The molecule has 0 unspecified atom stereocenters. The molecule has 0 aliphatic carbocycles. The fourth-order valence-corrected chi connectivity index (χ4v) is 3.23. The van der Waals surface area contributed by atoms with Crippen LogP contribution in [0.3, 0.4) is 0 Å². The highest BCUT2D eigenvalue weighted by atomic mass is 32.1. The van der Waals surface area contributed by atoms with E-state index in [4.69, 9.17) is 9.26 Å². The molecule has 0 saturated heterocycles. The van der Waals surface area contributed by atoms with Crippen LogP contribution >= 0.6 is 22.7 Å². The summed E-state index contributed by atoms with van der Waals surface area (Å²) in [6.07, 6.45) is 0. The molecule has 0 amide bonds. The van der Waals surface area contributed by atoms with Crippen LogP contribution in [0, 0.1) is 0 Å². The van der Waals surface area contributed by atoms with Crippen molar-refractivity contribution in [3.8, 4) is 10.6 Å². The van der Waals surface area contributed by atoms with E-state index in [0.717, 1.165) is 16.2 Å². The minimum atomic E-state index is -0.474. The molecule has 22 heavy (non-hydrogen) atoms. The van der Waals surface area contributed by atoms with Crippen molar-refractivity contribution in [1.82, 2.24) is 5.16 Å². The monoisotopic (exact) mass is 333 g/mol. The number of Topliss-reactive ketones (excluding diaryl/α,β-unsaturated/α-hetero) is 1. The predicted octanol–water partition coefficient (Wildman–Crippen LogP) is 4.02. The third kappa shape index (κ3) is 3.15. The van der Waals surface area contributed by atoms with Gasteiger partial charge >= 0.3 is 5.97 Å². The summed E-state index contributed by atoms with van der Waals surface area (Å²) in [5.74, 6) is 0.107. The molecule has 0 radical (unpaired) electrons. The molecule has 3 rings (SSSR count).